The molecule has 4 aromatic rings. The lowest BCUT2D eigenvalue weighted by Crippen LogP contribution is -2.43. The minimum absolute atomic E-state index is 0. The van der Waals surface area contributed by atoms with E-state index in [1.165, 1.54) is 3.97 Å². The molecule has 1 aliphatic heterocycles. The maximum absolute atomic E-state index is 13.7. The molecule has 1 saturated heterocycles. The molecule has 33 heavy (non-hydrogen) atoms. The van der Waals surface area contributed by atoms with Gasteiger partial charge in [0.2, 0.25) is 10.0 Å². The van der Waals surface area contributed by atoms with Gasteiger partial charge in [-0.2, -0.15) is 0 Å². The molecule has 0 bridgehead atoms. The Hall–Kier alpha value is -2.80. The van der Waals surface area contributed by atoms with Crippen LogP contribution in [0, 0.1) is 0 Å². The van der Waals surface area contributed by atoms with Gasteiger partial charge in [0, 0.05) is 49.4 Å². The molecule has 172 valence electrons. The topological polar surface area (TPSA) is 54.3 Å². The Balaban J connectivity index is 0.00000259. The van der Waals surface area contributed by atoms with Gasteiger partial charge in [-0.1, -0.05) is 66.7 Å². The van der Waals surface area contributed by atoms with E-state index in [1.807, 2.05) is 78.9 Å². The number of rotatable bonds is 6. The van der Waals surface area contributed by atoms with Crippen LogP contribution in [0.2, 0.25) is 0 Å². The molecule has 1 aliphatic rings. The van der Waals surface area contributed by atoms with Crippen molar-refractivity contribution < 1.29 is 8.42 Å². The molecule has 0 radical (unpaired) electrons. The first kappa shape index (κ1) is 23.4. The van der Waals surface area contributed by atoms with Crippen molar-refractivity contribution in [2.75, 3.05) is 36.8 Å². The average molecular weight is 482 g/mol. The highest BCUT2D eigenvalue weighted by atomic mass is 35.5. The monoisotopic (exact) mass is 481 g/mol. The van der Waals surface area contributed by atoms with Crippen molar-refractivity contribution >= 4 is 39.0 Å². The van der Waals surface area contributed by atoms with Gasteiger partial charge in [-0.05, 0) is 29.3 Å². The van der Waals surface area contributed by atoms with Crippen molar-refractivity contribution in [2.24, 2.45) is 0 Å². The molecule has 2 heterocycles. The first-order valence-corrected chi connectivity index (χ1v) is 12.6. The van der Waals surface area contributed by atoms with Gasteiger partial charge < -0.3 is 10.2 Å². The van der Waals surface area contributed by atoms with Crippen molar-refractivity contribution in [1.82, 2.24) is 9.29 Å². The van der Waals surface area contributed by atoms with Crippen molar-refractivity contribution in [3.63, 3.8) is 0 Å². The molecular formula is C26H28ClN3O2S. The van der Waals surface area contributed by atoms with E-state index in [1.54, 1.807) is 6.20 Å². The number of aromatic nitrogens is 1. The summed E-state index contributed by atoms with van der Waals surface area (Å²) in [6.45, 7) is 3.71. The standard InChI is InChI=1S/C26H27N3O2S.ClH/c30-32(31,20-24(21-8-3-1-4-9-21)22-10-5-2-6-11-22)29-17-14-23-25(12-7-13-26(23)29)28-18-15-27-16-19-28;/h1-14,17,24,27H,15-16,18-20H2;1H. The minimum Gasteiger partial charge on any atom is -0.368 e. The molecule has 3 aromatic carbocycles. The molecular weight excluding hydrogens is 454 g/mol. The van der Waals surface area contributed by atoms with Crippen molar-refractivity contribution in [2.45, 2.75) is 5.92 Å². The number of nitrogens with one attached hydrogen (secondary N) is 1. The maximum Gasteiger partial charge on any atom is 0.239 e. The van der Waals surface area contributed by atoms with E-state index >= 15 is 0 Å². The summed E-state index contributed by atoms with van der Waals surface area (Å²) in [4.78, 5) is 2.33. The number of nitrogens with zero attached hydrogens (tertiary/aromatic N) is 2. The second-order valence-corrected chi connectivity index (χ2v) is 10.1. The molecule has 5 rings (SSSR count). The van der Waals surface area contributed by atoms with Crippen molar-refractivity contribution in [3.05, 3.63) is 102 Å². The van der Waals surface area contributed by atoms with Crippen LogP contribution in [0.4, 0.5) is 5.69 Å². The zero-order valence-corrected chi connectivity index (χ0v) is 19.9. The third kappa shape index (κ3) is 4.78. The Bertz CT molecular complexity index is 1260. The zero-order valence-electron chi connectivity index (χ0n) is 18.3. The maximum atomic E-state index is 13.7. The van der Waals surface area contributed by atoms with Gasteiger partial charge in [-0.3, -0.25) is 0 Å². The van der Waals surface area contributed by atoms with Crippen LogP contribution in [-0.2, 0) is 10.0 Å². The van der Waals surface area contributed by atoms with Gasteiger partial charge in [0.05, 0.1) is 11.3 Å². The smallest absolute Gasteiger partial charge is 0.239 e. The van der Waals surface area contributed by atoms with Gasteiger partial charge in [-0.25, -0.2) is 12.4 Å². The molecule has 1 aromatic heterocycles. The van der Waals surface area contributed by atoms with E-state index in [-0.39, 0.29) is 24.1 Å². The normalized spacial score (nSPS) is 14.4. The van der Waals surface area contributed by atoms with Crippen LogP contribution in [0.15, 0.2) is 91.1 Å². The Morgan fingerprint density at radius 1 is 0.788 bits per heavy atom. The van der Waals surface area contributed by atoms with Crippen LogP contribution in [0.5, 0.6) is 0 Å². The third-order valence-corrected chi connectivity index (χ3v) is 7.89. The number of hydrogen-bond acceptors (Lipinski definition) is 4. The molecule has 0 saturated carbocycles. The van der Waals surface area contributed by atoms with Crippen LogP contribution in [-0.4, -0.2) is 44.3 Å². The largest absolute Gasteiger partial charge is 0.368 e. The first-order valence-electron chi connectivity index (χ1n) is 11.0. The SMILES string of the molecule is Cl.O=S(=O)(CC(c1ccccc1)c1ccccc1)n1ccc2c(N3CCNCC3)cccc21. The number of hydrogen-bond donors (Lipinski definition) is 1. The summed E-state index contributed by atoms with van der Waals surface area (Å²) < 4.78 is 28.8. The molecule has 5 nitrogen and oxygen atoms in total. The fourth-order valence-corrected chi connectivity index (χ4v) is 6.27. The molecule has 7 heteroatoms. The number of piperazine rings is 1. The highest BCUT2D eigenvalue weighted by Gasteiger charge is 2.25. The highest BCUT2D eigenvalue weighted by molar-refractivity contribution is 7.90. The number of anilines is 1. The summed E-state index contributed by atoms with van der Waals surface area (Å²) in [5.41, 5.74) is 3.84. The molecule has 0 spiro atoms. The van der Waals surface area contributed by atoms with Gasteiger partial charge in [0.15, 0.2) is 0 Å². The molecule has 0 amide bonds. The van der Waals surface area contributed by atoms with Gasteiger partial charge in [-0.15, -0.1) is 12.4 Å². The predicted octanol–water partition coefficient (Wildman–Crippen LogP) is 4.48. The predicted molar refractivity (Wildman–Crippen MR) is 138 cm³/mol. The molecule has 0 aliphatic carbocycles. The second kappa shape index (κ2) is 10.00. The Morgan fingerprint density at radius 2 is 1.39 bits per heavy atom. The summed E-state index contributed by atoms with van der Waals surface area (Å²) in [6.07, 6.45) is 1.71. The van der Waals surface area contributed by atoms with E-state index in [9.17, 15) is 8.42 Å². The van der Waals surface area contributed by atoms with Crippen LogP contribution < -0.4 is 10.2 Å². The summed E-state index contributed by atoms with van der Waals surface area (Å²) in [7, 11) is -3.60. The number of halogens is 1. The minimum atomic E-state index is -3.60. The van der Waals surface area contributed by atoms with E-state index in [0.717, 1.165) is 53.9 Å². The second-order valence-electron chi connectivity index (χ2n) is 8.21. The molecule has 0 unspecified atom stereocenters. The third-order valence-electron chi connectivity index (χ3n) is 6.21. The summed E-state index contributed by atoms with van der Waals surface area (Å²) in [5.74, 6) is -0.237. The Morgan fingerprint density at radius 3 is 2.00 bits per heavy atom. The fraction of sp³-hybridized carbons (Fsp3) is 0.231. The summed E-state index contributed by atoms with van der Waals surface area (Å²) >= 11 is 0. The Kier molecular flexibility index (Phi) is 7.08. The molecule has 1 fully saturated rings. The summed E-state index contributed by atoms with van der Waals surface area (Å²) in [5, 5.41) is 4.35. The lowest BCUT2D eigenvalue weighted by molar-refractivity contribution is 0.585. The number of benzene rings is 3. The Labute approximate surface area is 201 Å². The lowest BCUT2D eigenvalue weighted by atomic mass is 9.93. The van der Waals surface area contributed by atoms with Crippen molar-refractivity contribution in [3.8, 4) is 0 Å². The quantitative estimate of drug-likeness (QED) is 0.441. The summed E-state index contributed by atoms with van der Waals surface area (Å²) in [6, 6.07) is 27.6. The first-order chi connectivity index (χ1) is 15.6. The van der Waals surface area contributed by atoms with Gasteiger partial charge in [0.1, 0.15) is 0 Å². The zero-order chi connectivity index (χ0) is 22.0. The highest BCUT2D eigenvalue weighted by Crippen LogP contribution is 2.31. The van der Waals surface area contributed by atoms with Crippen molar-refractivity contribution in [1.29, 1.82) is 0 Å². The fourth-order valence-electron chi connectivity index (χ4n) is 4.60. The van der Waals surface area contributed by atoms with Crippen LogP contribution in [0.25, 0.3) is 10.9 Å². The lowest BCUT2D eigenvalue weighted by Gasteiger charge is -2.30. The van der Waals surface area contributed by atoms with E-state index in [4.69, 9.17) is 0 Å². The van der Waals surface area contributed by atoms with Crippen LogP contribution in [0.3, 0.4) is 0 Å². The van der Waals surface area contributed by atoms with E-state index in [2.05, 4.69) is 16.3 Å². The van der Waals surface area contributed by atoms with Crippen LogP contribution >= 0.6 is 12.4 Å². The van der Waals surface area contributed by atoms with Gasteiger partial charge in [0.25, 0.3) is 0 Å². The number of fused-ring (bicyclic) bond motifs is 1. The molecule has 1 N–H and O–H groups in total. The molecule has 0 atom stereocenters. The average Bonchev–Trinajstić information content (AvgIpc) is 3.30. The van der Waals surface area contributed by atoms with E-state index < -0.39 is 10.0 Å². The van der Waals surface area contributed by atoms with E-state index in [0.29, 0.717) is 0 Å². The van der Waals surface area contributed by atoms with Crippen LogP contribution in [0.1, 0.15) is 17.0 Å². The van der Waals surface area contributed by atoms with Gasteiger partial charge >= 0.3 is 0 Å².